The van der Waals surface area contributed by atoms with Crippen molar-refractivity contribution >= 4 is 11.9 Å². The summed E-state index contributed by atoms with van der Waals surface area (Å²) in [5.41, 5.74) is 0. The molecule has 5 heteroatoms. The lowest BCUT2D eigenvalue weighted by molar-refractivity contribution is -0.307. The highest BCUT2D eigenvalue weighted by Gasteiger charge is 2.15. The highest BCUT2D eigenvalue weighted by molar-refractivity contribution is 5.79. The molecule has 1 unspecified atom stereocenters. The molecule has 0 aromatic heterocycles. The van der Waals surface area contributed by atoms with Gasteiger partial charge in [-0.3, -0.25) is 0 Å². The fraction of sp³-hybridized carbons (Fsp3) is 0.750. The Labute approximate surface area is 76.3 Å². The minimum atomic E-state index is -1.61. The molecule has 0 aromatic rings. The number of aliphatic carboxylic acids is 1. The summed E-state index contributed by atoms with van der Waals surface area (Å²) in [4.78, 5) is 20.8. The summed E-state index contributed by atoms with van der Waals surface area (Å²) < 4.78 is 4.57. The minimum absolute atomic E-state index is 0.208. The first-order valence-corrected chi connectivity index (χ1v) is 4.12. The zero-order chi connectivity index (χ0) is 10.3. The minimum Gasteiger partial charge on any atom is -0.550 e. The topological polar surface area (TPSA) is 86.7 Å². The molecule has 0 aliphatic rings. The molecule has 1 N–H and O–H groups in total. The number of hydrogen-bond acceptors (Lipinski definition) is 5. The second kappa shape index (κ2) is 6.42. The van der Waals surface area contributed by atoms with E-state index in [9.17, 15) is 14.7 Å². The van der Waals surface area contributed by atoms with E-state index in [0.29, 0.717) is 6.42 Å². The van der Waals surface area contributed by atoms with Crippen molar-refractivity contribution in [3.8, 4) is 0 Å². The molecule has 0 saturated carbocycles. The van der Waals surface area contributed by atoms with Crippen LogP contribution >= 0.6 is 0 Å². The van der Waals surface area contributed by atoms with Gasteiger partial charge < -0.3 is 19.7 Å². The lowest BCUT2D eigenvalue weighted by atomic mass is 10.2. The second-order valence-corrected chi connectivity index (χ2v) is 2.61. The van der Waals surface area contributed by atoms with E-state index in [-0.39, 0.29) is 6.61 Å². The average Bonchev–Trinajstić information content (AvgIpc) is 2.03. The van der Waals surface area contributed by atoms with Crippen LogP contribution in [0.2, 0.25) is 0 Å². The normalized spacial score (nSPS) is 12.2. The molecule has 0 bridgehead atoms. The maximum atomic E-state index is 10.8. The van der Waals surface area contributed by atoms with Gasteiger partial charge in [0.15, 0.2) is 6.10 Å². The van der Waals surface area contributed by atoms with Crippen molar-refractivity contribution in [2.75, 3.05) is 6.61 Å². The number of carboxylic acids is 1. The summed E-state index contributed by atoms with van der Waals surface area (Å²) in [7, 11) is 0. The van der Waals surface area contributed by atoms with Crippen LogP contribution in [0.15, 0.2) is 0 Å². The Hall–Kier alpha value is -1.10. The molecular weight excluding hydrogens is 176 g/mol. The van der Waals surface area contributed by atoms with Crippen LogP contribution in [0.25, 0.3) is 0 Å². The van der Waals surface area contributed by atoms with Gasteiger partial charge in [0.25, 0.3) is 0 Å². The molecule has 76 valence electrons. The van der Waals surface area contributed by atoms with E-state index in [2.05, 4.69) is 4.74 Å². The van der Waals surface area contributed by atoms with Crippen LogP contribution in [0, 0.1) is 0 Å². The van der Waals surface area contributed by atoms with Gasteiger partial charge in [0.2, 0.25) is 0 Å². The zero-order valence-electron chi connectivity index (χ0n) is 7.49. The third-order valence-corrected chi connectivity index (χ3v) is 1.37. The number of aliphatic hydroxyl groups is 1. The Bertz CT molecular complexity index is 177. The Kier molecular flexibility index (Phi) is 5.88. The van der Waals surface area contributed by atoms with E-state index in [1.165, 1.54) is 0 Å². The van der Waals surface area contributed by atoms with Crippen molar-refractivity contribution in [2.45, 2.75) is 32.3 Å². The van der Waals surface area contributed by atoms with Gasteiger partial charge >= 0.3 is 5.97 Å². The molecule has 0 heterocycles. The fourth-order valence-corrected chi connectivity index (χ4v) is 0.654. The van der Waals surface area contributed by atoms with Crippen LogP contribution in [0.3, 0.4) is 0 Å². The number of carbonyl (C=O) groups is 2. The Morgan fingerprint density at radius 1 is 1.54 bits per heavy atom. The van der Waals surface area contributed by atoms with Gasteiger partial charge in [-0.1, -0.05) is 13.3 Å². The monoisotopic (exact) mass is 189 g/mol. The first-order valence-electron chi connectivity index (χ1n) is 4.12. The molecule has 1 atom stereocenters. The number of rotatable bonds is 6. The van der Waals surface area contributed by atoms with Crippen molar-refractivity contribution in [1.29, 1.82) is 0 Å². The van der Waals surface area contributed by atoms with Crippen LogP contribution in [-0.4, -0.2) is 29.8 Å². The molecule has 0 aromatic carbocycles. The maximum Gasteiger partial charge on any atom is 0.335 e. The molecule has 0 rings (SSSR count). The van der Waals surface area contributed by atoms with Crippen molar-refractivity contribution in [1.82, 2.24) is 0 Å². The standard InChI is InChI=1S/C8H14O5/c1-2-3-4-13-8(12)6(9)5-7(10)11/h6,9H,2-5H2,1H3,(H,10,11)/p-1. The van der Waals surface area contributed by atoms with E-state index >= 15 is 0 Å². The predicted molar refractivity (Wildman–Crippen MR) is 41.5 cm³/mol. The number of hydrogen-bond donors (Lipinski definition) is 1. The summed E-state index contributed by atoms with van der Waals surface area (Å²) in [6, 6.07) is 0. The van der Waals surface area contributed by atoms with Gasteiger partial charge in [-0.15, -0.1) is 0 Å². The Morgan fingerprint density at radius 2 is 2.15 bits per heavy atom. The van der Waals surface area contributed by atoms with Crippen molar-refractivity contribution < 1.29 is 24.5 Å². The number of aliphatic hydroxyl groups excluding tert-OH is 1. The summed E-state index contributed by atoms with van der Waals surface area (Å²) in [6.07, 6.45) is -0.764. The van der Waals surface area contributed by atoms with E-state index in [4.69, 9.17) is 5.11 Å². The van der Waals surface area contributed by atoms with E-state index in [0.717, 1.165) is 6.42 Å². The zero-order valence-corrected chi connectivity index (χ0v) is 7.49. The first kappa shape index (κ1) is 11.9. The highest BCUT2D eigenvalue weighted by atomic mass is 16.5. The molecular formula is C8H13O5-. The number of ether oxygens (including phenoxy) is 1. The van der Waals surface area contributed by atoms with Gasteiger partial charge in [-0.2, -0.15) is 0 Å². The van der Waals surface area contributed by atoms with Crippen LogP contribution in [-0.2, 0) is 14.3 Å². The van der Waals surface area contributed by atoms with Crippen LogP contribution in [0.1, 0.15) is 26.2 Å². The SMILES string of the molecule is CCCCOC(=O)C(O)CC(=O)[O-]. The molecule has 0 spiro atoms. The highest BCUT2D eigenvalue weighted by Crippen LogP contribution is 1.96. The second-order valence-electron chi connectivity index (χ2n) is 2.61. The van der Waals surface area contributed by atoms with Crippen molar-refractivity contribution in [3.05, 3.63) is 0 Å². The predicted octanol–water partition coefficient (Wildman–Crippen LogP) is -1.17. The molecule has 0 saturated heterocycles. The molecule has 0 fully saturated rings. The third kappa shape index (κ3) is 6.10. The van der Waals surface area contributed by atoms with Gasteiger partial charge in [0.05, 0.1) is 6.61 Å². The quantitative estimate of drug-likeness (QED) is 0.420. The number of carboxylic acid groups (broad SMARTS) is 1. The summed E-state index contributed by atoms with van der Waals surface area (Å²) in [6.45, 7) is 2.13. The number of unbranched alkanes of at least 4 members (excludes halogenated alkanes) is 1. The average molecular weight is 189 g/mol. The largest absolute Gasteiger partial charge is 0.550 e. The van der Waals surface area contributed by atoms with Gasteiger partial charge in [-0.05, 0) is 6.42 Å². The number of esters is 1. The van der Waals surface area contributed by atoms with Gasteiger partial charge in [0, 0.05) is 12.4 Å². The molecule has 0 aliphatic heterocycles. The molecule has 13 heavy (non-hydrogen) atoms. The van der Waals surface area contributed by atoms with Gasteiger partial charge in [-0.25, -0.2) is 4.79 Å². The molecule has 5 nitrogen and oxygen atoms in total. The summed E-state index contributed by atoms with van der Waals surface area (Å²) >= 11 is 0. The third-order valence-electron chi connectivity index (χ3n) is 1.37. The van der Waals surface area contributed by atoms with E-state index in [1.54, 1.807) is 0 Å². The van der Waals surface area contributed by atoms with Crippen LogP contribution in [0.5, 0.6) is 0 Å². The lowest BCUT2D eigenvalue weighted by Crippen LogP contribution is -2.32. The molecule has 0 amide bonds. The van der Waals surface area contributed by atoms with Gasteiger partial charge in [0.1, 0.15) is 0 Å². The van der Waals surface area contributed by atoms with Crippen LogP contribution < -0.4 is 5.11 Å². The maximum absolute atomic E-state index is 10.8. The molecule has 0 aliphatic carbocycles. The Morgan fingerprint density at radius 3 is 2.62 bits per heavy atom. The molecule has 0 radical (unpaired) electrons. The smallest absolute Gasteiger partial charge is 0.335 e. The Balaban J connectivity index is 3.63. The number of carbonyl (C=O) groups excluding carboxylic acids is 2. The lowest BCUT2D eigenvalue weighted by Gasteiger charge is -2.10. The van der Waals surface area contributed by atoms with E-state index < -0.39 is 24.5 Å². The summed E-state index contributed by atoms with van der Waals surface area (Å²) in [5, 5.41) is 18.9. The summed E-state index contributed by atoms with van der Waals surface area (Å²) in [5.74, 6) is -2.38. The van der Waals surface area contributed by atoms with Crippen molar-refractivity contribution in [2.24, 2.45) is 0 Å². The fourth-order valence-electron chi connectivity index (χ4n) is 0.654. The van der Waals surface area contributed by atoms with Crippen molar-refractivity contribution in [3.63, 3.8) is 0 Å². The van der Waals surface area contributed by atoms with Crippen LogP contribution in [0.4, 0.5) is 0 Å². The first-order chi connectivity index (χ1) is 6.07. The van der Waals surface area contributed by atoms with E-state index in [1.807, 2.05) is 6.92 Å².